The highest BCUT2D eigenvalue weighted by Gasteiger charge is 2.41. The first-order valence-electron chi connectivity index (χ1n) is 5.17. The highest BCUT2D eigenvalue weighted by atomic mass is 19.4. The summed E-state index contributed by atoms with van der Waals surface area (Å²) in [4.78, 5) is 22.2. The fourth-order valence-electron chi connectivity index (χ4n) is 2.06. The van der Waals surface area contributed by atoms with Gasteiger partial charge in [0.1, 0.15) is 5.69 Å². The molecule has 4 nitrogen and oxygen atoms in total. The molecule has 0 saturated heterocycles. The van der Waals surface area contributed by atoms with E-state index < -0.39 is 29.2 Å². The normalized spacial score (nSPS) is 11.8. The number of carbonyl (C=O) groups is 2. The minimum atomic E-state index is -4.81. The van der Waals surface area contributed by atoms with Gasteiger partial charge in [-0.2, -0.15) is 13.2 Å². The summed E-state index contributed by atoms with van der Waals surface area (Å²) < 4.78 is 39.8. The zero-order chi connectivity index (χ0) is 14.4. The monoisotopic (exact) mass is 271 g/mol. The number of fused-ring (bicyclic) bond motifs is 1. The number of Topliss-reactive ketones (excluding diaryl/α,β-unsaturated/α-hetero) is 1. The van der Waals surface area contributed by atoms with Crippen molar-refractivity contribution in [2.45, 2.75) is 6.18 Å². The first-order chi connectivity index (χ1) is 8.75. The number of rotatable bonds is 2. The van der Waals surface area contributed by atoms with E-state index in [1.807, 2.05) is 0 Å². The van der Waals surface area contributed by atoms with Gasteiger partial charge in [0.15, 0.2) is 0 Å². The van der Waals surface area contributed by atoms with E-state index in [2.05, 4.69) is 0 Å². The lowest BCUT2D eigenvalue weighted by atomic mass is 10.1. The van der Waals surface area contributed by atoms with Crippen LogP contribution < -0.4 is 0 Å². The lowest BCUT2D eigenvalue weighted by Gasteiger charge is -2.09. The molecule has 0 spiro atoms. The lowest BCUT2D eigenvalue weighted by Crippen LogP contribution is -2.20. The first-order valence-corrected chi connectivity index (χ1v) is 5.17. The third-order valence-electron chi connectivity index (χ3n) is 2.80. The molecule has 0 saturated carbocycles. The number of carboxylic acid groups (broad SMARTS) is 1. The van der Waals surface area contributed by atoms with E-state index in [9.17, 15) is 22.8 Å². The van der Waals surface area contributed by atoms with Crippen molar-refractivity contribution >= 4 is 22.7 Å². The fourth-order valence-corrected chi connectivity index (χ4v) is 2.06. The molecule has 19 heavy (non-hydrogen) atoms. The van der Waals surface area contributed by atoms with Gasteiger partial charge < -0.3 is 9.67 Å². The fraction of sp³-hybridized carbons (Fsp3) is 0.167. The Morgan fingerprint density at radius 2 is 1.79 bits per heavy atom. The summed E-state index contributed by atoms with van der Waals surface area (Å²) in [7, 11) is 1.14. The second kappa shape index (κ2) is 4.11. The molecular formula is C12H8F3NO3. The Labute approximate surface area is 105 Å². The Balaban J connectivity index is 2.93. The maximum Gasteiger partial charge on any atom is 0.432 e. The average Bonchev–Trinajstić information content (AvgIpc) is 2.62. The van der Waals surface area contributed by atoms with Crippen molar-refractivity contribution in [1.82, 2.24) is 4.57 Å². The van der Waals surface area contributed by atoms with Crippen molar-refractivity contribution in [2.75, 3.05) is 0 Å². The SMILES string of the molecule is Cn1c(C(F)(F)F)c(C(=O)C(=O)O)c2ccccc21. The molecule has 0 radical (unpaired) electrons. The van der Waals surface area contributed by atoms with E-state index in [1.165, 1.54) is 24.3 Å². The second-order valence-electron chi connectivity index (χ2n) is 3.93. The van der Waals surface area contributed by atoms with Gasteiger partial charge in [0, 0.05) is 18.0 Å². The number of aromatic nitrogens is 1. The number of halogens is 3. The maximum atomic E-state index is 13.0. The van der Waals surface area contributed by atoms with Crippen LogP contribution in [0.15, 0.2) is 24.3 Å². The molecule has 0 atom stereocenters. The van der Waals surface area contributed by atoms with Gasteiger partial charge in [-0.25, -0.2) is 4.79 Å². The number of hydrogen-bond acceptors (Lipinski definition) is 2. The minimum Gasteiger partial charge on any atom is -0.475 e. The van der Waals surface area contributed by atoms with E-state index in [0.29, 0.717) is 0 Å². The summed E-state index contributed by atoms with van der Waals surface area (Å²) in [5, 5.41) is 8.64. The van der Waals surface area contributed by atoms with Crippen molar-refractivity contribution in [3.05, 3.63) is 35.5 Å². The van der Waals surface area contributed by atoms with Crippen LogP contribution in [0.3, 0.4) is 0 Å². The van der Waals surface area contributed by atoms with E-state index in [0.717, 1.165) is 11.6 Å². The van der Waals surface area contributed by atoms with Crippen molar-refractivity contribution in [1.29, 1.82) is 0 Å². The maximum absolute atomic E-state index is 13.0. The van der Waals surface area contributed by atoms with Gasteiger partial charge in [-0.05, 0) is 6.07 Å². The second-order valence-corrected chi connectivity index (χ2v) is 3.93. The Hall–Kier alpha value is -2.31. The highest BCUT2D eigenvalue weighted by Crippen LogP contribution is 2.37. The lowest BCUT2D eigenvalue weighted by molar-refractivity contribution is -0.143. The quantitative estimate of drug-likeness (QED) is 0.674. The van der Waals surface area contributed by atoms with Crippen LogP contribution in [0.4, 0.5) is 13.2 Å². The van der Waals surface area contributed by atoms with Crippen molar-refractivity contribution in [3.63, 3.8) is 0 Å². The third kappa shape index (κ3) is 1.96. The van der Waals surface area contributed by atoms with Gasteiger partial charge in [0.2, 0.25) is 0 Å². The number of hydrogen-bond donors (Lipinski definition) is 1. The standard InChI is InChI=1S/C12H8F3NO3/c1-16-7-5-3-2-4-6(7)8(9(17)11(18)19)10(16)12(13,14)15/h2-5H,1H3,(H,18,19). The number of carbonyl (C=O) groups excluding carboxylic acids is 1. The largest absolute Gasteiger partial charge is 0.475 e. The summed E-state index contributed by atoms with van der Waals surface area (Å²) in [5.74, 6) is -3.48. The number of aryl methyl sites for hydroxylation is 1. The van der Waals surface area contributed by atoms with Gasteiger partial charge in [-0.3, -0.25) is 4.79 Å². The molecule has 2 rings (SSSR count). The average molecular weight is 271 g/mol. The molecule has 100 valence electrons. The Bertz CT molecular complexity index is 685. The van der Waals surface area contributed by atoms with Gasteiger partial charge in [-0.15, -0.1) is 0 Å². The number of para-hydroxylation sites is 1. The number of nitrogens with zero attached hydrogens (tertiary/aromatic N) is 1. The molecule has 0 aliphatic rings. The van der Waals surface area contributed by atoms with Crippen LogP contribution in [-0.2, 0) is 18.0 Å². The molecule has 0 fully saturated rings. The summed E-state index contributed by atoms with van der Waals surface area (Å²) >= 11 is 0. The van der Waals surface area contributed by atoms with Gasteiger partial charge >= 0.3 is 12.1 Å². The molecule has 7 heteroatoms. The summed E-state index contributed by atoms with van der Waals surface area (Å²) in [5.41, 5.74) is -1.92. The van der Waals surface area contributed by atoms with Crippen LogP contribution in [0.25, 0.3) is 10.9 Å². The van der Waals surface area contributed by atoms with E-state index >= 15 is 0 Å². The van der Waals surface area contributed by atoms with E-state index in [4.69, 9.17) is 5.11 Å². The van der Waals surface area contributed by atoms with E-state index in [-0.39, 0.29) is 10.9 Å². The van der Waals surface area contributed by atoms with Crippen molar-refractivity contribution in [3.8, 4) is 0 Å². The van der Waals surface area contributed by atoms with Crippen LogP contribution in [0, 0.1) is 0 Å². The van der Waals surface area contributed by atoms with E-state index in [1.54, 1.807) is 0 Å². The molecule has 1 N–H and O–H groups in total. The van der Waals surface area contributed by atoms with Crippen LogP contribution in [-0.4, -0.2) is 21.4 Å². The number of benzene rings is 1. The molecule has 1 heterocycles. The molecule has 2 aromatic rings. The van der Waals surface area contributed by atoms with Gasteiger partial charge in [0.25, 0.3) is 5.78 Å². The van der Waals surface area contributed by atoms with Crippen LogP contribution in [0.2, 0.25) is 0 Å². The molecule has 1 aromatic carbocycles. The number of alkyl halides is 3. The zero-order valence-electron chi connectivity index (χ0n) is 9.65. The molecule has 0 aliphatic heterocycles. The molecule has 1 aromatic heterocycles. The molecular weight excluding hydrogens is 263 g/mol. The van der Waals surface area contributed by atoms with Crippen molar-refractivity contribution in [2.24, 2.45) is 7.05 Å². The smallest absolute Gasteiger partial charge is 0.432 e. The highest BCUT2D eigenvalue weighted by molar-refractivity contribution is 6.42. The third-order valence-corrected chi connectivity index (χ3v) is 2.80. The Morgan fingerprint density at radius 1 is 1.21 bits per heavy atom. The summed E-state index contributed by atoms with van der Waals surface area (Å²) in [6.45, 7) is 0. The van der Waals surface area contributed by atoms with Crippen molar-refractivity contribution < 1.29 is 27.9 Å². The van der Waals surface area contributed by atoms with Gasteiger partial charge in [0.05, 0.1) is 5.56 Å². The topological polar surface area (TPSA) is 59.3 Å². The molecule has 0 unspecified atom stereocenters. The molecule has 0 aliphatic carbocycles. The first kappa shape index (κ1) is 13.1. The minimum absolute atomic E-state index is 0.0234. The molecule has 0 bridgehead atoms. The zero-order valence-corrected chi connectivity index (χ0v) is 9.65. The number of aliphatic carboxylic acids is 1. The summed E-state index contributed by atoms with van der Waals surface area (Å²) in [6.07, 6.45) is -4.81. The van der Waals surface area contributed by atoms with Crippen LogP contribution in [0.1, 0.15) is 16.1 Å². The predicted molar refractivity (Wildman–Crippen MR) is 59.9 cm³/mol. The Morgan fingerprint density at radius 3 is 2.32 bits per heavy atom. The Kier molecular flexibility index (Phi) is 2.84. The van der Waals surface area contributed by atoms with Gasteiger partial charge in [-0.1, -0.05) is 18.2 Å². The summed E-state index contributed by atoms with van der Waals surface area (Å²) in [6, 6.07) is 5.64. The number of ketones is 1. The van der Waals surface area contributed by atoms with Crippen LogP contribution in [0.5, 0.6) is 0 Å². The number of carboxylic acids is 1. The molecule has 0 amide bonds. The van der Waals surface area contributed by atoms with Crippen LogP contribution >= 0.6 is 0 Å². The predicted octanol–water partition coefficient (Wildman–Crippen LogP) is 2.46.